The molecule has 0 saturated carbocycles. The smallest absolute Gasteiger partial charge is 0.265 e. The fourth-order valence-corrected chi connectivity index (χ4v) is 3.47. The second kappa shape index (κ2) is 8.37. The highest BCUT2D eigenvalue weighted by atomic mass is 35.5. The Morgan fingerprint density at radius 2 is 1.79 bits per heavy atom. The molecule has 146 valence electrons. The summed E-state index contributed by atoms with van der Waals surface area (Å²) in [7, 11) is 0. The van der Waals surface area contributed by atoms with Gasteiger partial charge in [0, 0.05) is 10.7 Å². The van der Waals surface area contributed by atoms with E-state index in [1.165, 1.54) is 0 Å². The Morgan fingerprint density at radius 1 is 1.00 bits per heavy atom. The molecule has 0 aromatic heterocycles. The monoisotopic (exact) mass is 406 g/mol. The Bertz CT molecular complexity index is 1050. The van der Waals surface area contributed by atoms with E-state index in [0.717, 1.165) is 11.1 Å². The van der Waals surface area contributed by atoms with Crippen LogP contribution in [0.3, 0.4) is 0 Å². The number of ether oxygens (including phenoxy) is 1. The van der Waals surface area contributed by atoms with Crippen molar-refractivity contribution < 1.29 is 14.3 Å². The number of carbonyl (C=O) groups excluding carboxylic acids is 2. The van der Waals surface area contributed by atoms with Crippen molar-refractivity contribution in [2.24, 2.45) is 0 Å². The summed E-state index contributed by atoms with van der Waals surface area (Å²) in [6.45, 7) is 0.352. The van der Waals surface area contributed by atoms with Gasteiger partial charge in [-0.1, -0.05) is 54.1 Å². The van der Waals surface area contributed by atoms with E-state index in [9.17, 15) is 9.59 Å². The standard InChI is InChI=1S/C23H19ClN2O3/c24-18-8-4-7-17(11-18)14-26-20-13-19(9-10-21(20)29-15-23(26)28)25-22(27)12-16-5-2-1-3-6-16/h1-11,13H,12,14-15H2,(H,25,27). The van der Waals surface area contributed by atoms with E-state index in [0.29, 0.717) is 28.7 Å². The van der Waals surface area contributed by atoms with Crippen LogP contribution in [0.2, 0.25) is 5.02 Å². The van der Waals surface area contributed by atoms with Gasteiger partial charge in [-0.15, -0.1) is 0 Å². The summed E-state index contributed by atoms with van der Waals surface area (Å²) in [5, 5.41) is 3.51. The van der Waals surface area contributed by atoms with Crippen molar-refractivity contribution in [2.45, 2.75) is 13.0 Å². The van der Waals surface area contributed by atoms with Crippen LogP contribution in [0.5, 0.6) is 5.75 Å². The molecule has 1 aliphatic heterocycles. The van der Waals surface area contributed by atoms with Crippen LogP contribution in [0.15, 0.2) is 72.8 Å². The zero-order chi connectivity index (χ0) is 20.2. The fraction of sp³-hybridized carbons (Fsp3) is 0.130. The summed E-state index contributed by atoms with van der Waals surface area (Å²) in [6.07, 6.45) is 0.277. The third-order valence-corrected chi connectivity index (χ3v) is 4.86. The highest BCUT2D eigenvalue weighted by molar-refractivity contribution is 6.30. The number of hydrogen-bond acceptors (Lipinski definition) is 3. The molecule has 0 atom stereocenters. The normalized spacial score (nSPS) is 12.9. The highest BCUT2D eigenvalue weighted by Crippen LogP contribution is 2.35. The molecule has 0 saturated heterocycles. The molecule has 0 unspecified atom stereocenters. The molecule has 4 rings (SSSR count). The van der Waals surface area contributed by atoms with Gasteiger partial charge in [0.1, 0.15) is 5.75 Å². The SMILES string of the molecule is O=C(Cc1ccccc1)Nc1ccc2c(c1)N(Cc1cccc(Cl)c1)C(=O)CO2. The van der Waals surface area contributed by atoms with Gasteiger partial charge < -0.3 is 15.0 Å². The molecule has 5 nitrogen and oxygen atoms in total. The van der Waals surface area contributed by atoms with Crippen LogP contribution in [0.4, 0.5) is 11.4 Å². The van der Waals surface area contributed by atoms with Gasteiger partial charge in [-0.2, -0.15) is 0 Å². The lowest BCUT2D eigenvalue weighted by molar-refractivity contribution is -0.121. The number of anilines is 2. The molecular formula is C23H19ClN2O3. The van der Waals surface area contributed by atoms with E-state index >= 15 is 0 Å². The van der Waals surface area contributed by atoms with E-state index in [2.05, 4.69) is 5.32 Å². The molecule has 0 radical (unpaired) electrons. The second-order valence-electron chi connectivity index (χ2n) is 6.79. The van der Waals surface area contributed by atoms with Crippen molar-refractivity contribution in [3.63, 3.8) is 0 Å². The molecule has 1 aliphatic rings. The van der Waals surface area contributed by atoms with Crippen molar-refractivity contribution in [2.75, 3.05) is 16.8 Å². The van der Waals surface area contributed by atoms with E-state index < -0.39 is 0 Å². The molecular weight excluding hydrogens is 388 g/mol. The maximum atomic E-state index is 12.5. The quantitative estimate of drug-likeness (QED) is 0.681. The Labute approximate surface area is 173 Å². The number of hydrogen-bond donors (Lipinski definition) is 1. The first-order chi connectivity index (χ1) is 14.1. The van der Waals surface area contributed by atoms with Crippen molar-refractivity contribution in [3.8, 4) is 5.75 Å². The van der Waals surface area contributed by atoms with E-state index in [1.807, 2.05) is 48.5 Å². The van der Waals surface area contributed by atoms with Crippen LogP contribution < -0.4 is 15.0 Å². The second-order valence-corrected chi connectivity index (χ2v) is 7.23. The third kappa shape index (κ3) is 4.58. The summed E-state index contributed by atoms with van der Waals surface area (Å²) in [6, 6.07) is 22.2. The Hall–Kier alpha value is -3.31. The molecule has 1 N–H and O–H groups in total. The fourth-order valence-electron chi connectivity index (χ4n) is 3.26. The van der Waals surface area contributed by atoms with E-state index in [1.54, 1.807) is 29.2 Å². The molecule has 0 aliphatic carbocycles. The summed E-state index contributed by atoms with van der Waals surface area (Å²) < 4.78 is 5.55. The number of nitrogens with zero attached hydrogens (tertiary/aromatic N) is 1. The average Bonchev–Trinajstić information content (AvgIpc) is 2.71. The van der Waals surface area contributed by atoms with Gasteiger partial charge in [-0.3, -0.25) is 9.59 Å². The lowest BCUT2D eigenvalue weighted by atomic mass is 10.1. The first-order valence-electron chi connectivity index (χ1n) is 9.24. The summed E-state index contributed by atoms with van der Waals surface area (Å²) in [4.78, 5) is 26.5. The topological polar surface area (TPSA) is 58.6 Å². The van der Waals surface area contributed by atoms with Crippen LogP contribution in [-0.4, -0.2) is 18.4 Å². The van der Waals surface area contributed by atoms with Gasteiger partial charge in [0.05, 0.1) is 18.7 Å². The van der Waals surface area contributed by atoms with Crippen LogP contribution >= 0.6 is 11.6 Å². The van der Waals surface area contributed by atoms with Crippen molar-refractivity contribution in [1.82, 2.24) is 0 Å². The zero-order valence-electron chi connectivity index (χ0n) is 15.6. The minimum atomic E-state index is -0.148. The average molecular weight is 407 g/mol. The van der Waals surface area contributed by atoms with Crippen molar-refractivity contribution in [3.05, 3.63) is 88.9 Å². The van der Waals surface area contributed by atoms with Crippen molar-refractivity contribution >= 4 is 34.8 Å². The van der Waals surface area contributed by atoms with Gasteiger partial charge in [-0.05, 0) is 41.5 Å². The minimum Gasteiger partial charge on any atom is -0.482 e. The number of halogens is 1. The number of rotatable bonds is 5. The van der Waals surface area contributed by atoms with E-state index in [-0.39, 0.29) is 24.8 Å². The van der Waals surface area contributed by atoms with Crippen LogP contribution in [-0.2, 0) is 22.6 Å². The molecule has 0 bridgehead atoms. The van der Waals surface area contributed by atoms with Gasteiger partial charge in [0.25, 0.3) is 5.91 Å². The Kier molecular flexibility index (Phi) is 5.49. The molecule has 3 aromatic carbocycles. The molecule has 3 aromatic rings. The molecule has 6 heteroatoms. The van der Waals surface area contributed by atoms with Crippen LogP contribution in [0, 0.1) is 0 Å². The van der Waals surface area contributed by atoms with Crippen LogP contribution in [0.1, 0.15) is 11.1 Å². The van der Waals surface area contributed by atoms with Gasteiger partial charge >= 0.3 is 0 Å². The maximum absolute atomic E-state index is 12.5. The van der Waals surface area contributed by atoms with Crippen molar-refractivity contribution in [1.29, 1.82) is 0 Å². The number of fused-ring (bicyclic) bond motifs is 1. The lowest BCUT2D eigenvalue weighted by Crippen LogP contribution is -2.38. The molecule has 1 heterocycles. The lowest BCUT2D eigenvalue weighted by Gasteiger charge is -2.30. The molecule has 29 heavy (non-hydrogen) atoms. The molecule has 2 amide bonds. The zero-order valence-corrected chi connectivity index (χ0v) is 16.4. The van der Waals surface area contributed by atoms with E-state index in [4.69, 9.17) is 16.3 Å². The predicted octanol–water partition coefficient (Wildman–Crippen LogP) is 4.45. The number of nitrogens with one attached hydrogen (secondary N) is 1. The summed E-state index contributed by atoms with van der Waals surface area (Å²) >= 11 is 6.07. The first kappa shape index (κ1) is 19.0. The first-order valence-corrected chi connectivity index (χ1v) is 9.62. The van der Waals surface area contributed by atoms with Gasteiger partial charge in [0.15, 0.2) is 6.61 Å². The predicted molar refractivity (Wildman–Crippen MR) is 113 cm³/mol. The Morgan fingerprint density at radius 3 is 2.59 bits per heavy atom. The maximum Gasteiger partial charge on any atom is 0.265 e. The van der Waals surface area contributed by atoms with Gasteiger partial charge in [-0.25, -0.2) is 0 Å². The number of carbonyl (C=O) groups is 2. The highest BCUT2D eigenvalue weighted by Gasteiger charge is 2.26. The Balaban J connectivity index is 1.54. The summed E-state index contributed by atoms with van der Waals surface area (Å²) in [5.41, 5.74) is 3.08. The minimum absolute atomic E-state index is 0.0206. The van der Waals surface area contributed by atoms with Gasteiger partial charge in [0.2, 0.25) is 5.91 Å². The largest absolute Gasteiger partial charge is 0.482 e. The summed E-state index contributed by atoms with van der Waals surface area (Å²) in [5.74, 6) is 0.332. The van der Waals surface area contributed by atoms with Crippen LogP contribution in [0.25, 0.3) is 0 Å². The third-order valence-electron chi connectivity index (χ3n) is 4.62. The number of amides is 2. The molecule has 0 fully saturated rings. The molecule has 0 spiro atoms. The number of benzene rings is 3.